The molecule has 1 heterocycles. The van der Waals surface area contributed by atoms with Crippen LogP contribution in [0.4, 0.5) is 14.5 Å². The van der Waals surface area contributed by atoms with Crippen LogP contribution in [-0.2, 0) is 4.79 Å². The molecule has 0 aliphatic heterocycles. The Hall–Kier alpha value is -2.94. The monoisotopic (exact) mass is 375 g/mol. The highest BCUT2D eigenvalue weighted by Crippen LogP contribution is 2.22. The zero-order valence-corrected chi connectivity index (χ0v) is 14.6. The van der Waals surface area contributed by atoms with E-state index < -0.39 is 17.5 Å². The standard InChI is InChI=1S/C17H15F2N5OS/c1-10-3-2-4-11(7-10)16-22-23-17(24(16)20)26-9-15(25)21-12-5-6-13(18)14(19)8-12/h2-8H,9,20H2,1H3,(H,21,25). The quantitative estimate of drug-likeness (QED) is 0.529. The second-order valence-corrected chi connectivity index (χ2v) is 6.45. The van der Waals surface area contributed by atoms with Crippen molar-refractivity contribution in [3.63, 3.8) is 0 Å². The summed E-state index contributed by atoms with van der Waals surface area (Å²) >= 11 is 1.09. The molecule has 0 fully saturated rings. The summed E-state index contributed by atoms with van der Waals surface area (Å²) in [6.07, 6.45) is 0. The third-order valence-electron chi connectivity index (χ3n) is 3.48. The molecule has 0 unspecified atom stereocenters. The molecule has 0 radical (unpaired) electrons. The number of benzene rings is 2. The number of anilines is 1. The van der Waals surface area contributed by atoms with Crippen LogP contribution in [0.1, 0.15) is 5.56 Å². The summed E-state index contributed by atoms with van der Waals surface area (Å²) in [5, 5.41) is 10.9. The number of nitrogens with two attached hydrogens (primary N) is 1. The maximum atomic E-state index is 13.2. The van der Waals surface area contributed by atoms with Crippen molar-refractivity contribution in [2.24, 2.45) is 0 Å². The normalized spacial score (nSPS) is 10.7. The minimum absolute atomic E-state index is 0.0118. The predicted octanol–water partition coefficient (Wildman–Crippen LogP) is 2.98. The molecule has 0 aliphatic carbocycles. The summed E-state index contributed by atoms with van der Waals surface area (Å²) in [4.78, 5) is 12.0. The van der Waals surface area contributed by atoms with E-state index in [1.54, 1.807) is 0 Å². The highest BCUT2D eigenvalue weighted by molar-refractivity contribution is 7.99. The number of hydrogen-bond donors (Lipinski definition) is 2. The van der Waals surface area contributed by atoms with Crippen molar-refractivity contribution in [1.29, 1.82) is 0 Å². The first-order valence-corrected chi connectivity index (χ1v) is 8.58. The molecule has 0 bridgehead atoms. The molecule has 1 amide bonds. The number of aryl methyl sites for hydroxylation is 1. The molecule has 0 saturated carbocycles. The van der Waals surface area contributed by atoms with E-state index in [0.717, 1.165) is 35.0 Å². The van der Waals surface area contributed by atoms with Crippen molar-refractivity contribution >= 4 is 23.4 Å². The number of hydrogen-bond acceptors (Lipinski definition) is 5. The zero-order chi connectivity index (χ0) is 18.7. The molecule has 26 heavy (non-hydrogen) atoms. The lowest BCUT2D eigenvalue weighted by Crippen LogP contribution is -2.16. The number of thioether (sulfide) groups is 1. The van der Waals surface area contributed by atoms with E-state index in [9.17, 15) is 13.6 Å². The van der Waals surface area contributed by atoms with Gasteiger partial charge >= 0.3 is 0 Å². The fourth-order valence-corrected chi connectivity index (χ4v) is 2.91. The maximum absolute atomic E-state index is 13.2. The molecule has 0 spiro atoms. The maximum Gasteiger partial charge on any atom is 0.234 e. The van der Waals surface area contributed by atoms with Crippen LogP contribution in [0, 0.1) is 18.6 Å². The molecule has 9 heteroatoms. The van der Waals surface area contributed by atoms with Crippen LogP contribution in [0.5, 0.6) is 0 Å². The van der Waals surface area contributed by atoms with Crippen molar-refractivity contribution < 1.29 is 13.6 Å². The van der Waals surface area contributed by atoms with Crippen molar-refractivity contribution in [1.82, 2.24) is 14.9 Å². The van der Waals surface area contributed by atoms with Crippen LogP contribution in [0.25, 0.3) is 11.4 Å². The molecule has 2 aromatic carbocycles. The zero-order valence-electron chi connectivity index (χ0n) is 13.7. The van der Waals surface area contributed by atoms with E-state index in [0.29, 0.717) is 11.0 Å². The summed E-state index contributed by atoms with van der Waals surface area (Å²) in [5.74, 6) is 4.08. The van der Waals surface area contributed by atoms with E-state index >= 15 is 0 Å². The van der Waals surface area contributed by atoms with Gasteiger partial charge in [-0.15, -0.1) is 10.2 Å². The Morgan fingerprint density at radius 2 is 2.00 bits per heavy atom. The molecule has 3 rings (SSSR count). The van der Waals surface area contributed by atoms with Gasteiger partial charge in [-0.2, -0.15) is 0 Å². The highest BCUT2D eigenvalue weighted by Gasteiger charge is 2.14. The average molecular weight is 375 g/mol. The van der Waals surface area contributed by atoms with E-state index in [2.05, 4.69) is 15.5 Å². The van der Waals surface area contributed by atoms with Crippen molar-refractivity contribution in [3.05, 3.63) is 59.7 Å². The SMILES string of the molecule is Cc1cccc(-c2nnc(SCC(=O)Nc3ccc(F)c(F)c3)n2N)c1. The Kier molecular flexibility index (Phi) is 5.17. The van der Waals surface area contributed by atoms with Crippen molar-refractivity contribution in [2.75, 3.05) is 16.9 Å². The largest absolute Gasteiger partial charge is 0.335 e. The van der Waals surface area contributed by atoms with Gasteiger partial charge in [0.2, 0.25) is 11.1 Å². The van der Waals surface area contributed by atoms with Gasteiger partial charge in [0, 0.05) is 17.3 Å². The molecule has 0 saturated heterocycles. The third-order valence-corrected chi connectivity index (χ3v) is 4.42. The van der Waals surface area contributed by atoms with Gasteiger partial charge in [-0.25, -0.2) is 13.5 Å². The van der Waals surface area contributed by atoms with Gasteiger partial charge in [0.25, 0.3) is 0 Å². The number of nitrogens with one attached hydrogen (secondary N) is 1. The van der Waals surface area contributed by atoms with Crippen LogP contribution in [0.2, 0.25) is 0 Å². The van der Waals surface area contributed by atoms with Crippen molar-refractivity contribution in [3.8, 4) is 11.4 Å². The molecular formula is C17H15F2N5OS. The molecule has 6 nitrogen and oxygen atoms in total. The lowest BCUT2D eigenvalue weighted by molar-refractivity contribution is -0.113. The summed E-state index contributed by atoms with van der Waals surface area (Å²) in [6.45, 7) is 1.96. The number of amides is 1. The minimum Gasteiger partial charge on any atom is -0.335 e. The fraction of sp³-hybridized carbons (Fsp3) is 0.118. The first-order chi connectivity index (χ1) is 12.4. The molecular weight excluding hydrogens is 360 g/mol. The van der Waals surface area contributed by atoms with Gasteiger partial charge in [0.15, 0.2) is 17.5 Å². The Labute approximate surface area is 152 Å². The van der Waals surface area contributed by atoms with E-state index in [-0.39, 0.29) is 11.4 Å². The Morgan fingerprint density at radius 3 is 2.73 bits per heavy atom. The van der Waals surface area contributed by atoms with E-state index in [1.807, 2.05) is 31.2 Å². The van der Waals surface area contributed by atoms with Crippen molar-refractivity contribution in [2.45, 2.75) is 12.1 Å². The number of nitrogen functional groups attached to an aromatic ring is 1. The number of halogens is 2. The van der Waals surface area contributed by atoms with E-state index in [1.165, 1.54) is 10.7 Å². The second kappa shape index (κ2) is 7.52. The van der Waals surface area contributed by atoms with Crippen LogP contribution in [0.15, 0.2) is 47.6 Å². The number of carbonyl (C=O) groups excluding carboxylic acids is 1. The third kappa shape index (κ3) is 3.99. The topological polar surface area (TPSA) is 85.8 Å². The Balaban J connectivity index is 1.64. The molecule has 3 N–H and O–H groups in total. The summed E-state index contributed by atoms with van der Waals surface area (Å²) < 4.78 is 27.4. The predicted molar refractivity (Wildman–Crippen MR) is 96.1 cm³/mol. The first kappa shape index (κ1) is 17.9. The van der Waals surface area contributed by atoms with Gasteiger partial charge in [-0.05, 0) is 25.1 Å². The lowest BCUT2D eigenvalue weighted by Gasteiger charge is -2.06. The lowest BCUT2D eigenvalue weighted by atomic mass is 10.1. The van der Waals surface area contributed by atoms with Gasteiger partial charge < -0.3 is 11.2 Å². The summed E-state index contributed by atoms with van der Waals surface area (Å²) in [5.41, 5.74) is 2.05. The second-order valence-electron chi connectivity index (χ2n) is 5.51. The molecule has 134 valence electrons. The van der Waals surface area contributed by atoms with Crippen LogP contribution in [-0.4, -0.2) is 26.5 Å². The smallest absolute Gasteiger partial charge is 0.234 e. The van der Waals surface area contributed by atoms with Gasteiger partial charge in [0.05, 0.1) is 5.75 Å². The number of rotatable bonds is 5. The van der Waals surface area contributed by atoms with Crippen LogP contribution < -0.4 is 11.2 Å². The molecule has 3 aromatic rings. The van der Waals surface area contributed by atoms with Gasteiger partial charge in [-0.3, -0.25) is 4.79 Å². The molecule has 1 aromatic heterocycles. The number of aromatic nitrogens is 3. The van der Waals surface area contributed by atoms with Gasteiger partial charge in [0.1, 0.15) is 0 Å². The van der Waals surface area contributed by atoms with Crippen LogP contribution >= 0.6 is 11.8 Å². The van der Waals surface area contributed by atoms with Gasteiger partial charge in [-0.1, -0.05) is 35.5 Å². The van der Waals surface area contributed by atoms with E-state index in [4.69, 9.17) is 5.84 Å². The summed E-state index contributed by atoms with van der Waals surface area (Å²) in [7, 11) is 0. The minimum atomic E-state index is -1.03. The average Bonchev–Trinajstić information content (AvgIpc) is 2.97. The Bertz CT molecular complexity index is 960. The fourth-order valence-electron chi connectivity index (χ4n) is 2.26. The first-order valence-electron chi connectivity index (χ1n) is 7.59. The summed E-state index contributed by atoms with van der Waals surface area (Å²) in [6, 6.07) is 10.8. The molecule has 0 atom stereocenters. The molecule has 0 aliphatic rings. The number of carbonyl (C=O) groups is 1. The Morgan fingerprint density at radius 1 is 1.19 bits per heavy atom. The number of nitrogens with zero attached hydrogens (tertiary/aromatic N) is 3. The van der Waals surface area contributed by atoms with Crippen LogP contribution in [0.3, 0.4) is 0 Å². The highest BCUT2D eigenvalue weighted by atomic mass is 32.2.